The fourth-order valence-electron chi connectivity index (χ4n) is 1.06. The van der Waals surface area contributed by atoms with Gasteiger partial charge in [-0.15, -0.1) is 11.6 Å². The van der Waals surface area contributed by atoms with E-state index in [0.717, 1.165) is 6.54 Å². The van der Waals surface area contributed by atoms with Crippen LogP contribution in [0.4, 0.5) is 8.78 Å². The number of rotatable bonds is 4. The van der Waals surface area contributed by atoms with Gasteiger partial charge in [-0.05, 0) is 0 Å². The Hall–Kier alpha value is 0.0700. The summed E-state index contributed by atoms with van der Waals surface area (Å²) >= 11 is 5.43. The minimum atomic E-state index is -2.64. The van der Waals surface area contributed by atoms with Gasteiger partial charge in [-0.2, -0.15) is 8.78 Å². The number of alkyl halides is 3. The first-order valence-corrected chi connectivity index (χ1v) is 3.97. The van der Waals surface area contributed by atoms with Gasteiger partial charge in [0.15, 0.2) is 0 Å². The van der Waals surface area contributed by atoms with Gasteiger partial charge in [0.1, 0.15) is 0 Å². The Kier molecular flexibility index (Phi) is 3.48. The summed E-state index contributed by atoms with van der Waals surface area (Å²) in [6, 6.07) is 0. The van der Waals surface area contributed by atoms with E-state index in [1.165, 1.54) is 0 Å². The van der Waals surface area contributed by atoms with E-state index in [4.69, 9.17) is 11.6 Å². The largest absolute Gasteiger partial charge is 0.345 e. The maximum absolute atomic E-state index is 11.6. The molecule has 0 aromatic rings. The van der Waals surface area contributed by atoms with Gasteiger partial charge < -0.3 is 4.74 Å². The summed E-state index contributed by atoms with van der Waals surface area (Å²) in [6.45, 7) is -0.725. The summed E-state index contributed by atoms with van der Waals surface area (Å²) in [5.41, 5.74) is 0. The Morgan fingerprint density at radius 3 is 2.64 bits per heavy atom. The van der Waals surface area contributed by atoms with Gasteiger partial charge in [0.05, 0.1) is 6.10 Å². The monoisotopic (exact) mass is 185 g/mol. The van der Waals surface area contributed by atoms with E-state index in [9.17, 15) is 8.78 Å². The topological polar surface area (TPSA) is 12.5 Å². The van der Waals surface area contributed by atoms with Gasteiger partial charge in [0, 0.05) is 25.5 Å². The second-order valence-corrected chi connectivity index (χ2v) is 2.85. The van der Waals surface area contributed by atoms with Crippen molar-refractivity contribution in [2.45, 2.75) is 12.7 Å². The molecule has 0 saturated carbocycles. The molecule has 0 N–H and O–H groups in total. The number of nitrogens with zero attached hydrogens (tertiary/aromatic N) is 1. The molecule has 1 heterocycles. The van der Waals surface area contributed by atoms with Crippen LogP contribution in [0.3, 0.4) is 0 Å². The first-order valence-electron chi connectivity index (χ1n) is 3.44. The predicted octanol–water partition coefficient (Wildman–Crippen LogP) is 1.15. The average molecular weight is 186 g/mol. The van der Waals surface area contributed by atoms with E-state index in [1.54, 1.807) is 0 Å². The molecule has 0 unspecified atom stereocenters. The van der Waals surface area contributed by atoms with Gasteiger partial charge in [-0.1, -0.05) is 0 Å². The van der Waals surface area contributed by atoms with Gasteiger partial charge in [-0.25, -0.2) is 0 Å². The van der Waals surface area contributed by atoms with Crippen molar-refractivity contribution in [2.24, 2.45) is 0 Å². The fourth-order valence-corrected chi connectivity index (χ4v) is 1.30. The Bertz CT molecular complexity index is 119. The molecular weight excluding hydrogens is 176 g/mol. The molecule has 0 amide bonds. The van der Waals surface area contributed by atoms with Gasteiger partial charge >= 0.3 is 6.61 Å². The van der Waals surface area contributed by atoms with Crippen molar-refractivity contribution < 1.29 is 13.5 Å². The van der Waals surface area contributed by atoms with Crippen molar-refractivity contribution in [2.75, 3.05) is 25.5 Å². The minimum absolute atomic E-state index is 0.293. The van der Waals surface area contributed by atoms with Gasteiger partial charge in [0.2, 0.25) is 0 Å². The molecule has 1 rings (SSSR count). The maximum Gasteiger partial charge on any atom is 0.345 e. The van der Waals surface area contributed by atoms with E-state index in [-0.39, 0.29) is 6.10 Å². The molecule has 66 valence electrons. The van der Waals surface area contributed by atoms with Crippen molar-refractivity contribution in [3.63, 3.8) is 0 Å². The number of ether oxygens (including phenoxy) is 1. The second kappa shape index (κ2) is 4.18. The molecule has 0 bridgehead atoms. The van der Waals surface area contributed by atoms with E-state index in [1.807, 2.05) is 4.90 Å². The molecule has 1 fully saturated rings. The highest BCUT2D eigenvalue weighted by molar-refractivity contribution is 6.18. The Morgan fingerprint density at radius 2 is 2.18 bits per heavy atom. The number of halogens is 3. The lowest BCUT2D eigenvalue weighted by Crippen LogP contribution is -2.53. The second-order valence-electron chi connectivity index (χ2n) is 2.47. The van der Waals surface area contributed by atoms with Crippen LogP contribution in [0.2, 0.25) is 0 Å². The van der Waals surface area contributed by atoms with Crippen LogP contribution < -0.4 is 0 Å². The lowest BCUT2D eigenvalue weighted by Gasteiger charge is -2.37. The molecular formula is C6H10ClF2NO. The van der Waals surface area contributed by atoms with Gasteiger partial charge in [0.25, 0.3) is 0 Å². The highest BCUT2D eigenvalue weighted by Crippen LogP contribution is 2.13. The van der Waals surface area contributed by atoms with Crippen LogP contribution in [0, 0.1) is 0 Å². The lowest BCUT2D eigenvalue weighted by atomic mass is 10.2. The maximum atomic E-state index is 11.6. The quantitative estimate of drug-likeness (QED) is 0.610. The molecule has 1 saturated heterocycles. The van der Waals surface area contributed by atoms with Crippen LogP contribution in [0.5, 0.6) is 0 Å². The molecule has 0 aromatic carbocycles. The van der Waals surface area contributed by atoms with Crippen molar-refractivity contribution in [1.29, 1.82) is 0 Å². The van der Waals surface area contributed by atoms with Gasteiger partial charge in [-0.3, -0.25) is 4.90 Å². The third-order valence-electron chi connectivity index (χ3n) is 1.62. The zero-order valence-electron chi connectivity index (χ0n) is 5.97. The molecule has 0 aliphatic carbocycles. The molecule has 0 radical (unpaired) electrons. The smallest absolute Gasteiger partial charge is 0.317 e. The highest BCUT2D eigenvalue weighted by atomic mass is 35.5. The van der Waals surface area contributed by atoms with Crippen LogP contribution >= 0.6 is 11.6 Å². The lowest BCUT2D eigenvalue weighted by molar-refractivity contribution is -0.195. The van der Waals surface area contributed by atoms with Crippen molar-refractivity contribution in [1.82, 2.24) is 4.90 Å². The minimum Gasteiger partial charge on any atom is -0.317 e. The first kappa shape index (κ1) is 9.16. The Balaban J connectivity index is 2.00. The number of hydrogen-bond acceptors (Lipinski definition) is 2. The van der Waals surface area contributed by atoms with Crippen molar-refractivity contribution in [3.8, 4) is 0 Å². The van der Waals surface area contributed by atoms with Crippen molar-refractivity contribution in [3.05, 3.63) is 0 Å². The number of hydrogen-bond donors (Lipinski definition) is 0. The number of likely N-dealkylation sites (tertiary alicyclic amines) is 1. The van der Waals surface area contributed by atoms with E-state index >= 15 is 0 Å². The Morgan fingerprint density at radius 1 is 1.55 bits per heavy atom. The van der Waals surface area contributed by atoms with Crippen LogP contribution in [0.25, 0.3) is 0 Å². The van der Waals surface area contributed by atoms with E-state index in [0.29, 0.717) is 19.0 Å². The molecule has 2 nitrogen and oxygen atoms in total. The summed E-state index contributed by atoms with van der Waals surface area (Å²) in [7, 11) is 0. The molecule has 1 aliphatic rings. The molecule has 11 heavy (non-hydrogen) atoms. The molecule has 0 aromatic heterocycles. The van der Waals surface area contributed by atoms with Crippen molar-refractivity contribution >= 4 is 11.6 Å². The summed E-state index contributed by atoms with van der Waals surface area (Å²) in [5, 5.41) is 0. The zero-order valence-corrected chi connectivity index (χ0v) is 6.73. The highest BCUT2D eigenvalue weighted by Gasteiger charge is 2.28. The molecule has 0 spiro atoms. The molecule has 1 aliphatic heterocycles. The zero-order chi connectivity index (χ0) is 8.27. The third kappa shape index (κ3) is 2.89. The summed E-state index contributed by atoms with van der Waals surface area (Å²) in [6.07, 6.45) is -0.293. The van der Waals surface area contributed by atoms with Crippen LogP contribution in [0.1, 0.15) is 0 Å². The Labute approximate surface area is 69.1 Å². The average Bonchev–Trinajstić information content (AvgIpc) is 1.82. The SMILES string of the molecule is FC(F)OC1CN(CCCl)C1. The van der Waals surface area contributed by atoms with E-state index < -0.39 is 6.61 Å². The van der Waals surface area contributed by atoms with E-state index in [2.05, 4.69) is 4.74 Å². The standard InChI is InChI=1S/C6H10ClF2NO/c7-1-2-10-3-5(4-10)11-6(8)9/h5-6H,1-4H2. The summed E-state index contributed by atoms with van der Waals surface area (Å²) in [5.74, 6) is 0.543. The predicted molar refractivity (Wildman–Crippen MR) is 38.0 cm³/mol. The van der Waals surface area contributed by atoms with Crippen LogP contribution in [0.15, 0.2) is 0 Å². The van der Waals surface area contributed by atoms with Crippen LogP contribution in [-0.2, 0) is 4.74 Å². The fraction of sp³-hybridized carbons (Fsp3) is 1.00. The normalized spacial score (nSPS) is 20.7. The van der Waals surface area contributed by atoms with Crippen LogP contribution in [-0.4, -0.2) is 43.1 Å². The summed E-state index contributed by atoms with van der Waals surface area (Å²) < 4.78 is 27.3. The first-order chi connectivity index (χ1) is 5.22. The molecule has 5 heteroatoms. The third-order valence-corrected chi connectivity index (χ3v) is 1.79. The summed E-state index contributed by atoms with van der Waals surface area (Å²) in [4.78, 5) is 1.97. The molecule has 0 atom stereocenters.